The fourth-order valence-electron chi connectivity index (χ4n) is 4.74. The number of hydrogen-bond acceptors (Lipinski definition) is 3. The molecule has 2 heterocycles. The molecule has 2 saturated heterocycles. The Morgan fingerprint density at radius 3 is 2.29 bits per heavy atom. The Kier molecular flexibility index (Phi) is 6.14. The summed E-state index contributed by atoms with van der Waals surface area (Å²) >= 11 is 0. The quantitative estimate of drug-likeness (QED) is 0.857. The lowest BCUT2D eigenvalue weighted by molar-refractivity contribution is -0.138. The van der Waals surface area contributed by atoms with Crippen LogP contribution in [-0.2, 0) is 9.59 Å². The summed E-state index contributed by atoms with van der Waals surface area (Å²) in [6.45, 7) is 2.23. The van der Waals surface area contributed by atoms with Crippen LogP contribution in [0.4, 0.5) is 0 Å². The summed E-state index contributed by atoms with van der Waals surface area (Å²) in [7, 11) is 0. The van der Waals surface area contributed by atoms with E-state index in [9.17, 15) is 14.7 Å². The molecule has 0 aromatic heterocycles. The van der Waals surface area contributed by atoms with Gasteiger partial charge in [0.15, 0.2) is 0 Å². The summed E-state index contributed by atoms with van der Waals surface area (Å²) in [5.74, 6) is 1.12. The molecule has 1 aliphatic carbocycles. The molecule has 0 aromatic carbocycles. The van der Waals surface area contributed by atoms with Crippen molar-refractivity contribution in [1.82, 2.24) is 9.80 Å². The van der Waals surface area contributed by atoms with Crippen molar-refractivity contribution >= 4 is 11.8 Å². The minimum atomic E-state index is -0.252. The molecule has 24 heavy (non-hydrogen) atoms. The number of amides is 2. The number of piperidine rings is 2. The third-order valence-corrected chi connectivity index (χ3v) is 6.16. The number of carbonyl (C=O) groups is 2. The number of hydrogen-bond donors (Lipinski definition) is 1. The second-order valence-corrected chi connectivity index (χ2v) is 7.81. The molecular formula is C19H32N2O3. The normalized spacial score (nSPS) is 28.5. The first-order valence-corrected chi connectivity index (χ1v) is 9.90. The van der Waals surface area contributed by atoms with Crippen LogP contribution in [0.2, 0.25) is 0 Å². The first-order chi connectivity index (χ1) is 11.6. The van der Waals surface area contributed by atoms with E-state index in [2.05, 4.69) is 4.90 Å². The summed E-state index contributed by atoms with van der Waals surface area (Å²) in [4.78, 5) is 28.8. The van der Waals surface area contributed by atoms with E-state index < -0.39 is 0 Å². The molecule has 2 atom stereocenters. The maximum Gasteiger partial charge on any atom is 0.222 e. The molecule has 3 rings (SSSR count). The van der Waals surface area contributed by atoms with E-state index in [1.165, 1.54) is 32.1 Å². The molecular weight excluding hydrogens is 304 g/mol. The first-order valence-electron chi connectivity index (χ1n) is 9.90. The molecule has 3 aliphatic rings. The standard InChI is InChI=1S/C19H32N2O3/c22-16-10-13-20(14-11-16)18(23)8-3-9-19(24)21-12-4-6-15-5-1-2-7-17(15)21/h15-17,22H,1-14H2. The van der Waals surface area contributed by atoms with Crippen LogP contribution in [-0.4, -0.2) is 58.5 Å². The van der Waals surface area contributed by atoms with Crippen molar-refractivity contribution in [2.45, 2.75) is 82.8 Å². The highest BCUT2D eigenvalue weighted by Crippen LogP contribution is 2.35. The van der Waals surface area contributed by atoms with Crippen LogP contribution in [0.1, 0.15) is 70.6 Å². The average Bonchev–Trinajstić information content (AvgIpc) is 2.61. The van der Waals surface area contributed by atoms with Crippen LogP contribution < -0.4 is 0 Å². The lowest BCUT2D eigenvalue weighted by atomic mass is 9.78. The molecule has 0 bridgehead atoms. The van der Waals surface area contributed by atoms with Gasteiger partial charge < -0.3 is 14.9 Å². The van der Waals surface area contributed by atoms with Gasteiger partial charge in [0.2, 0.25) is 11.8 Å². The zero-order valence-corrected chi connectivity index (χ0v) is 14.8. The van der Waals surface area contributed by atoms with Crippen LogP contribution in [0.5, 0.6) is 0 Å². The summed E-state index contributed by atoms with van der Waals surface area (Å²) in [5.41, 5.74) is 0. The second kappa shape index (κ2) is 8.32. The van der Waals surface area contributed by atoms with Crippen molar-refractivity contribution in [3.8, 4) is 0 Å². The Morgan fingerprint density at radius 1 is 0.833 bits per heavy atom. The molecule has 0 radical (unpaired) electrons. The fraction of sp³-hybridized carbons (Fsp3) is 0.895. The van der Waals surface area contributed by atoms with E-state index in [0.717, 1.165) is 18.9 Å². The van der Waals surface area contributed by atoms with Gasteiger partial charge in [-0.3, -0.25) is 9.59 Å². The van der Waals surface area contributed by atoms with Crippen LogP contribution in [0.15, 0.2) is 0 Å². The number of nitrogens with zero attached hydrogens (tertiary/aromatic N) is 2. The minimum absolute atomic E-state index is 0.142. The highest BCUT2D eigenvalue weighted by atomic mass is 16.3. The van der Waals surface area contributed by atoms with E-state index in [4.69, 9.17) is 0 Å². The average molecular weight is 336 g/mol. The van der Waals surface area contributed by atoms with Gasteiger partial charge in [-0.2, -0.15) is 0 Å². The number of likely N-dealkylation sites (tertiary alicyclic amines) is 2. The number of aliphatic hydroxyl groups excluding tert-OH is 1. The van der Waals surface area contributed by atoms with Gasteiger partial charge in [0.05, 0.1) is 6.10 Å². The van der Waals surface area contributed by atoms with Crippen molar-refractivity contribution in [2.75, 3.05) is 19.6 Å². The third kappa shape index (κ3) is 4.29. The fourth-order valence-corrected chi connectivity index (χ4v) is 4.74. The van der Waals surface area contributed by atoms with Crippen LogP contribution in [0, 0.1) is 5.92 Å². The molecule has 1 saturated carbocycles. The largest absolute Gasteiger partial charge is 0.393 e. The second-order valence-electron chi connectivity index (χ2n) is 7.81. The summed E-state index contributed by atoms with van der Waals surface area (Å²) in [5, 5.41) is 9.51. The van der Waals surface area contributed by atoms with Gasteiger partial charge in [-0.25, -0.2) is 0 Å². The van der Waals surface area contributed by atoms with Crippen molar-refractivity contribution in [3.63, 3.8) is 0 Å². The zero-order chi connectivity index (χ0) is 16.9. The van der Waals surface area contributed by atoms with E-state index in [-0.39, 0.29) is 17.9 Å². The zero-order valence-electron chi connectivity index (χ0n) is 14.8. The Labute approximate surface area is 145 Å². The molecule has 5 nitrogen and oxygen atoms in total. The molecule has 1 N–H and O–H groups in total. The Morgan fingerprint density at radius 2 is 1.50 bits per heavy atom. The molecule has 3 fully saturated rings. The molecule has 2 unspecified atom stereocenters. The van der Waals surface area contributed by atoms with E-state index in [1.54, 1.807) is 0 Å². The summed E-state index contributed by atoms with van der Waals surface area (Å²) in [6.07, 6.45) is 10.2. The monoisotopic (exact) mass is 336 g/mol. The predicted octanol–water partition coefficient (Wildman–Crippen LogP) is 2.32. The Balaban J connectivity index is 1.41. The topological polar surface area (TPSA) is 60.9 Å². The predicted molar refractivity (Wildman–Crippen MR) is 92.4 cm³/mol. The van der Waals surface area contributed by atoms with Gasteiger partial charge in [0.25, 0.3) is 0 Å². The van der Waals surface area contributed by atoms with Crippen LogP contribution >= 0.6 is 0 Å². The number of aliphatic hydroxyl groups is 1. The highest BCUT2D eigenvalue weighted by Gasteiger charge is 2.35. The maximum absolute atomic E-state index is 12.6. The molecule has 0 aromatic rings. The molecule has 136 valence electrons. The lowest BCUT2D eigenvalue weighted by Crippen LogP contribution is -2.49. The van der Waals surface area contributed by atoms with Gasteiger partial charge in [0.1, 0.15) is 0 Å². The third-order valence-electron chi connectivity index (χ3n) is 6.16. The van der Waals surface area contributed by atoms with Gasteiger partial charge >= 0.3 is 0 Å². The van der Waals surface area contributed by atoms with Crippen LogP contribution in [0.25, 0.3) is 0 Å². The van der Waals surface area contributed by atoms with E-state index in [1.807, 2.05) is 4.90 Å². The van der Waals surface area contributed by atoms with Gasteiger partial charge in [-0.05, 0) is 50.9 Å². The van der Waals surface area contributed by atoms with Crippen molar-refractivity contribution < 1.29 is 14.7 Å². The van der Waals surface area contributed by atoms with Crippen molar-refractivity contribution in [1.29, 1.82) is 0 Å². The number of carbonyl (C=O) groups excluding carboxylic acids is 2. The smallest absolute Gasteiger partial charge is 0.222 e. The van der Waals surface area contributed by atoms with E-state index >= 15 is 0 Å². The molecule has 5 heteroatoms. The van der Waals surface area contributed by atoms with Crippen molar-refractivity contribution in [2.24, 2.45) is 5.92 Å². The summed E-state index contributed by atoms with van der Waals surface area (Å²) in [6, 6.07) is 0.472. The van der Waals surface area contributed by atoms with Gasteiger partial charge in [-0.1, -0.05) is 12.8 Å². The maximum atomic E-state index is 12.6. The Bertz CT molecular complexity index is 444. The van der Waals surface area contributed by atoms with Gasteiger partial charge in [-0.15, -0.1) is 0 Å². The van der Waals surface area contributed by atoms with E-state index in [0.29, 0.717) is 51.2 Å². The SMILES string of the molecule is O=C(CCCC(=O)N1CCCC2CCCCC21)N1CCC(O)CC1. The molecule has 2 amide bonds. The lowest BCUT2D eigenvalue weighted by Gasteiger charge is -2.44. The van der Waals surface area contributed by atoms with Crippen molar-refractivity contribution in [3.05, 3.63) is 0 Å². The van der Waals surface area contributed by atoms with Crippen LogP contribution in [0.3, 0.4) is 0 Å². The number of rotatable bonds is 4. The number of fused-ring (bicyclic) bond motifs is 1. The minimum Gasteiger partial charge on any atom is -0.393 e. The highest BCUT2D eigenvalue weighted by molar-refractivity contribution is 5.79. The first kappa shape index (κ1) is 17.7. The molecule has 0 spiro atoms. The van der Waals surface area contributed by atoms with Gasteiger partial charge in [0, 0.05) is 38.5 Å². The Hall–Kier alpha value is -1.10. The molecule has 2 aliphatic heterocycles. The summed E-state index contributed by atoms with van der Waals surface area (Å²) < 4.78 is 0.